The van der Waals surface area contributed by atoms with Gasteiger partial charge in [-0.1, -0.05) is 18.2 Å². The minimum Gasteiger partial charge on any atom is -0.481 e. The van der Waals surface area contributed by atoms with E-state index in [4.69, 9.17) is 0 Å². The highest BCUT2D eigenvalue weighted by Gasteiger charge is 2.51. The van der Waals surface area contributed by atoms with Crippen LogP contribution in [-0.4, -0.2) is 31.7 Å². The van der Waals surface area contributed by atoms with Crippen LogP contribution in [0.3, 0.4) is 0 Å². The largest absolute Gasteiger partial charge is 0.481 e. The van der Waals surface area contributed by atoms with Crippen molar-refractivity contribution >= 4 is 27.4 Å². The van der Waals surface area contributed by atoms with Crippen molar-refractivity contribution in [1.82, 2.24) is 0 Å². The number of rotatable bonds is 4. The molecular weight excluding hydrogens is 330 g/mol. The number of carbonyl (C=O) groups is 2. The quantitative estimate of drug-likeness (QED) is 0.808. The monoisotopic (exact) mass is 349 g/mol. The molecule has 2 aliphatic carbocycles. The number of sulfone groups is 1. The van der Waals surface area contributed by atoms with Gasteiger partial charge in [-0.15, -0.1) is 0 Å². The van der Waals surface area contributed by atoms with Gasteiger partial charge in [0.2, 0.25) is 5.91 Å². The third kappa shape index (κ3) is 2.84. The van der Waals surface area contributed by atoms with Crippen molar-refractivity contribution < 1.29 is 23.1 Å². The number of anilines is 1. The van der Waals surface area contributed by atoms with Crippen molar-refractivity contribution in [3.8, 4) is 0 Å². The third-order valence-electron chi connectivity index (χ3n) is 4.94. The molecule has 2 aliphatic rings. The first-order valence-electron chi connectivity index (χ1n) is 7.71. The second kappa shape index (κ2) is 5.73. The number of benzene rings is 1. The van der Waals surface area contributed by atoms with Crippen molar-refractivity contribution in [1.29, 1.82) is 0 Å². The summed E-state index contributed by atoms with van der Waals surface area (Å²) in [5.74, 6) is -2.86. The number of hydrogen-bond acceptors (Lipinski definition) is 4. The molecule has 1 saturated carbocycles. The summed E-state index contributed by atoms with van der Waals surface area (Å²) in [7, 11) is -3.39. The van der Waals surface area contributed by atoms with Gasteiger partial charge in [-0.3, -0.25) is 9.59 Å². The predicted octanol–water partition coefficient (Wildman–Crippen LogP) is 1.86. The van der Waals surface area contributed by atoms with E-state index in [1.165, 1.54) is 12.1 Å². The molecule has 6 nitrogen and oxygen atoms in total. The van der Waals surface area contributed by atoms with E-state index in [0.717, 1.165) is 11.8 Å². The highest BCUT2D eigenvalue weighted by molar-refractivity contribution is 7.90. The average Bonchev–Trinajstić information content (AvgIpc) is 3.08. The summed E-state index contributed by atoms with van der Waals surface area (Å²) < 4.78 is 23.4. The molecule has 1 aromatic carbocycles. The SMILES string of the molecule is Cc1ccc(S(C)(=O)=O)cc1NC(=O)[C@@H]1[C@H](C(=O)O)[C@H]2C=C[C@H]1C2. The van der Waals surface area contributed by atoms with Gasteiger partial charge in [-0.25, -0.2) is 8.42 Å². The number of carboxylic acid groups (broad SMARTS) is 1. The molecule has 2 bridgehead atoms. The number of amides is 1. The normalized spacial score (nSPS) is 28.1. The molecule has 1 amide bonds. The molecule has 0 saturated heterocycles. The van der Waals surface area contributed by atoms with Gasteiger partial charge in [0.15, 0.2) is 9.84 Å². The zero-order valence-corrected chi connectivity index (χ0v) is 14.2. The molecule has 0 heterocycles. The summed E-state index contributed by atoms with van der Waals surface area (Å²) in [5.41, 5.74) is 1.13. The highest BCUT2D eigenvalue weighted by atomic mass is 32.2. The molecule has 4 atom stereocenters. The van der Waals surface area contributed by atoms with Gasteiger partial charge in [0, 0.05) is 11.9 Å². The van der Waals surface area contributed by atoms with E-state index < -0.39 is 27.6 Å². The lowest BCUT2D eigenvalue weighted by molar-refractivity contribution is -0.146. The van der Waals surface area contributed by atoms with Crippen LogP contribution in [0.4, 0.5) is 5.69 Å². The van der Waals surface area contributed by atoms with Crippen LogP contribution in [0.15, 0.2) is 35.2 Å². The number of aliphatic carboxylic acids is 1. The summed E-state index contributed by atoms with van der Waals surface area (Å²) in [6, 6.07) is 4.53. The fraction of sp³-hybridized carbons (Fsp3) is 0.412. The molecule has 128 valence electrons. The molecule has 3 rings (SSSR count). The van der Waals surface area contributed by atoms with Gasteiger partial charge < -0.3 is 10.4 Å². The second-order valence-electron chi connectivity index (χ2n) is 6.58. The number of hydrogen-bond donors (Lipinski definition) is 2. The molecule has 1 aromatic rings. The van der Waals surface area contributed by atoms with Gasteiger partial charge in [-0.05, 0) is 42.9 Å². The van der Waals surface area contributed by atoms with Gasteiger partial charge in [0.05, 0.1) is 16.7 Å². The first-order valence-corrected chi connectivity index (χ1v) is 9.60. The van der Waals surface area contributed by atoms with Gasteiger partial charge in [0.1, 0.15) is 0 Å². The summed E-state index contributed by atoms with van der Waals surface area (Å²) in [5, 5.41) is 12.2. The smallest absolute Gasteiger partial charge is 0.307 e. The molecule has 0 aromatic heterocycles. The zero-order chi connectivity index (χ0) is 17.6. The lowest BCUT2D eigenvalue weighted by Crippen LogP contribution is -2.36. The molecule has 7 heteroatoms. The Morgan fingerprint density at radius 2 is 1.79 bits per heavy atom. The van der Waals surface area contributed by atoms with Crippen LogP contribution in [0, 0.1) is 30.6 Å². The van der Waals surface area contributed by atoms with E-state index in [1.807, 2.05) is 12.2 Å². The van der Waals surface area contributed by atoms with Crippen LogP contribution in [-0.2, 0) is 19.4 Å². The maximum Gasteiger partial charge on any atom is 0.307 e. The number of allylic oxidation sites excluding steroid dienone is 2. The molecule has 1 fully saturated rings. The number of fused-ring (bicyclic) bond motifs is 2. The topological polar surface area (TPSA) is 101 Å². The van der Waals surface area contributed by atoms with Crippen molar-refractivity contribution in [2.24, 2.45) is 23.7 Å². The molecule has 0 aliphatic heterocycles. The maximum atomic E-state index is 12.7. The Kier molecular flexibility index (Phi) is 3.99. The van der Waals surface area contributed by atoms with Crippen LogP contribution in [0.1, 0.15) is 12.0 Å². The molecular formula is C17H19NO5S. The van der Waals surface area contributed by atoms with Crippen molar-refractivity contribution in [3.63, 3.8) is 0 Å². The maximum absolute atomic E-state index is 12.7. The first-order chi connectivity index (χ1) is 11.2. The number of carboxylic acids is 1. The Labute approximate surface area is 140 Å². The fourth-order valence-corrected chi connectivity index (χ4v) is 4.35. The molecule has 0 spiro atoms. The lowest BCUT2D eigenvalue weighted by Gasteiger charge is -2.24. The number of aryl methyl sites for hydroxylation is 1. The van der Waals surface area contributed by atoms with E-state index >= 15 is 0 Å². The Bertz CT molecular complexity index is 843. The van der Waals surface area contributed by atoms with Crippen molar-refractivity contribution in [2.45, 2.75) is 18.2 Å². The van der Waals surface area contributed by atoms with E-state index in [1.54, 1.807) is 13.0 Å². The summed E-state index contributed by atoms with van der Waals surface area (Å²) >= 11 is 0. The second-order valence-corrected chi connectivity index (χ2v) is 8.59. The Hall–Kier alpha value is -2.15. The van der Waals surface area contributed by atoms with Crippen molar-refractivity contribution in [3.05, 3.63) is 35.9 Å². The molecule has 0 unspecified atom stereocenters. The lowest BCUT2D eigenvalue weighted by atomic mass is 9.82. The Morgan fingerprint density at radius 1 is 1.17 bits per heavy atom. The van der Waals surface area contributed by atoms with Gasteiger partial charge in [-0.2, -0.15) is 0 Å². The molecule has 24 heavy (non-hydrogen) atoms. The van der Waals surface area contributed by atoms with Gasteiger partial charge >= 0.3 is 5.97 Å². The predicted molar refractivity (Wildman–Crippen MR) is 88.3 cm³/mol. The average molecular weight is 349 g/mol. The highest BCUT2D eigenvalue weighted by Crippen LogP contribution is 2.48. The number of carbonyl (C=O) groups excluding carboxylic acids is 1. The number of nitrogens with one attached hydrogen (secondary N) is 1. The Balaban J connectivity index is 1.88. The van der Waals surface area contributed by atoms with Gasteiger partial charge in [0.25, 0.3) is 0 Å². The summed E-state index contributed by atoms with van der Waals surface area (Å²) in [6.45, 7) is 1.76. The molecule has 0 radical (unpaired) electrons. The third-order valence-corrected chi connectivity index (χ3v) is 6.05. The van der Waals surface area contributed by atoms with Crippen LogP contribution in [0.5, 0.6) is 0 Å². The van der Waals surface area contributed by atoms with E-state index in [2.05, 4.69) is 5.32 Å². The minimum atomic E-state index is -3.39. The van der Waals surface area contributed by atoms with Crippen LogP contribution < -0.4 is 5.32 Å². The summed E-state index contributed by atoms with van der Waals surface area (Å²) in [4.78, 5) is 24.3. The first kappa shape index (κ1) is 16.7. The van der Waals surface area contributed by atoms with Crippen LogP contribution in [0.2, 0.25) is 0 Å². The molecule has 2 N–H and O–H groups in total. The van der Waals surface area contributed by atoms with Crippen molar-refractivity contribution in [2.75, 3.05) is 11.6 Å². The van der Waals surface area contributed by atoms with E-state index in [9.17, 15) is 23.1 Å². The summed E-state index contributed by atoms with van der Waals surface area (Å²) in [6.07, 6.45) is 5.57. The van der Waals surface area contributed by atoms with E-state index in [0.29, 0.717) is 12.1 Å². The van der Waals surface area contributed by atoms with E-state index in [-0.39, 0.29) is 22.6 Å². The zero-order valence-electron chi connectivity index (χ0n) is 13.4. The minimum absolute atomic E-state index is 0.0745. The van der Waals surface area contributed by atoms with Crippen LogP contribution in [0.25, 0.3) is 0 Å². The fourth-order valence-electron chi connectivity index (χ4n) is 3.70. The standard InChI is InChI=1S/C17H19NO5S/c1-9-3-6-12(24(2,22)23)8-13(9)18-16(19)14-10-4-5-11(7-10)15(14)17(20)21/h3-6,8,10-11,14-15H,7H2,1-2H3,(H,18,19)(H,20,21)/t10-,11-,14-,15+/m0/s1. The van der Waals surface area contributed by atoms with Crippen LogP contribution >= 0.6 is 0 Å². The Morgan fingerprint density at radius 3 is 2.38 bits per heavy atom.